The molecule has 0 saturated heterocycles. The molecule has 28 heavy (non-hydrogen) atoms. The molecular formula is C23H31NO4. The average molecular weight is 386 g/mol. The second-order valence-corrected chi connectivity index (χ2v) is 6.34. The zero-order valence-corrected chi connectivity index (χ0v) is 17.1. The zero-order valence-electron chi connectivity index (χ0n) is 17.1. The standard InChI is InChI=1S/C23H31NO4/c1-4-18-7-11-20(12-8-18)28-16-15-24-23(25)14-10-19-9-13-21(26-5-2)22(17-19)27-6-3/h7-9,11-13,17H,4-6,10,14-16H2,1-3H3,(H,24,25). The van der Waals surface area contributed by atoms with E-state index < -0.39 is 0 Å². The summed E-state index contributed by atoms with van der Waals surface area (Å²) in [6.07, 6.45) is 2.08. The predicted molar refractivity (Wildman–Crippen MR) is 111 cm³/mol. The van der Waals surface area contributed by atoms with Crippen molar-refractivity contribution in [2.45, 2.75) is 40.0 Å². The Balaban J connectivity index is 1.72. The Bertz CT molecular complexity index is 728. The number of ether oxygens (including phenoxy) is 3. The lowest BCUT2D eigenvalue weighted by atomic mass is 10.1. The maximum Gasteiger partial charge on any atom is 0.220 e. The summed E-state index contributed by atoms with van der Waals surface area (Å²) in [5, 5.41) is 2.90. The first-order valence-corrected chi connectivity index (χ1v) is 10.0. The number of carbonyl (C=O) groups excluding carboxylic acids is 1. The summed E-state index contributed by atoms with van der Waals surface area (Å²) in [5.74, 6) is 2.30. The first-order valence-electron chi connectivity index (χ1n) is 10.0. The van der Waals surface area contributed by atoms with Crippen molar-refractivity contribution in [2.24, 2.45) is 0 Å². The van der Waals surface area contributed by atoms with E-state index in [1.54, 1.807) is 0 Å². The third kappa shape index (κ3) is 7.14. The Kier molecular flexibility index (Phi) is 9.19. The van der Waals surface area contributed by atoms with Gasteiger partial charge in [-0.05, 0) is 62.1 Å². The van der Waals surface area contributed by atoms with Crippen molar-refractivity contribution < 1.29 is 19.0 Å². The lowest BCUT2D eigenvalue weighted by molar-refractivity contribution is -0.121. The molecule has 0 aliphatic heterocycles. The lowest BCUT2D eigenvalue weighted by Gasteiger charge is -2.12. The summed E-state index contributed by atoms with van der Waals surface area (Å²) < 4.78 is 16.8. The van der Waals surface area contributed by atoms with Crippen LogP contribution in [0.4, 0.5) is 0 Å². The van der Waals surface area contributed by atoms with Gasteiger partial charge in [0.05, 0.1) is 19.8 Å². The molecule has 0 saturated carbocycles. The SMILES string of the molecule is CCOc1ccc(CCC(=O)NCCOc2ccc(CC)cc2)cc1OCC. The molecule has 2 aromatic rings. The second-order valence-electron chi connectivity index (χ2n) is 6.34. The van der Waals surface area contributed by atoms with Crippen LogP contribution in [0, 0.1) is 0 Å². The summed E-state index contributed by atoms with van der Waals surface area (Å²) in [6, 6.07) is 13.9. The van der Waals surface area contributed by atoms with Gasteiger partial charge in [-0.15, -0.1) is 0 Å². The van der Waals surface area contributed by atoms with Crippen molar-refractivity contribution in [3.8, 4) is 17.2 Å². The molecule has 5 heteroatoms. The molecule has 0 fully saturated rings. The summed E-state index contributed by atoms with van der Waals surface area (Å²) in [4.78, 5) is 12.1. The highest BCUT2D eigenvalue weighted by Gasteiger charge is 2.08. The highest BCUT2D eigenvalue weighted by Crippen LogP contribution is 2.29. The largest absolute Gasteiger partial charge is 0.492 e. The lowest BCUT2D eigenvalue weighted by Crippen LogP contribution is -2.28. The van der Waals surface area contributed by atoms with Gasteiger partial charge in [-0.3, -0.25) is 4.79 Å². The average Bonchev–Trinajstić information content (AvgIpc) is 2.72. The number of carbonyl (C=O) groups is 1. The van der Waals surface area contributed by atoms with Crippen LogP contribution in [0.15, 0.2) is 42.5 Å². The van der Waals surface area contributed by atoms with Crippen LogP contribution in [0.2, 0.25) is 0 Å². The minimum absolute atomic E-state index is 0.0109. The second kappa shape index (κ2) is 11.9. The van der Waals surface area contributed by atoms with Gasteiger partial charge >= 0.3 is 0 Å². The molecule has 2 rings (SSSR count). The fraction of sp³-hybridized carbons (Fsp3) is 0.435. The van der Waals surface area contributed by atoms with Crippen LogP contribution < -0.4 is 19.5 Å². The molecule has 0 spiro atoms. The highest BCUT2D eigenvalue weighted by atomic mass is 16.5. The minimum atomic E-state index is 0.0109. The fourth-order valence-corrected chi connectivity index (χ4v) is 2.78. The molecule has 1 amide bonds. The van der Waals surface area contributed by atoms with E-state index in [-0.39, 0.29) is 5.91 Å². The molecule has 0 aromatic heterocycles. The van der Waals surface area contributed by atoms with Crippen molar-refractivity contribution in [1.29, 1.82) is 0 Å². The maximum atomic E-state index is 12.1. The quantitative estimate of drug-likeness (QED) is 0.557. The van der Waals surface area contributed by atoms with E-state index in [1.165, 1.54) is 5.56 Å². The Morgan fingerprint density at radius 2 is 1.54 bits per heavy atom. The van der Waals surface area contributed by atoms with E-state index in [9.17, 15) is 4.79 Å². The molecular weight excluding hydrogens is 354 g/mol. The van der Waals surface area contributed by atoms with Gasteiger partial charge < -0.3 is 19.5 Å². The number of benzene rings is 2. The van der Waals surface area contributed by atoms with Gasteiger partial charge in [-0.2, -0.15) is 0 Å². The molecule has 0 aliphatic rings. The van der Waals surface area contributed by atoms with E-state index in [4.69, 9.17) is 14.2 Å². The van der Waals surface area contributed by atoms with E-state index >= 15 is 0 Å². The Morgan fingerprint density at radius 3 is 2.21 bits per heavy atom. The van der Waals surface area contributed by atoms with Gasteiger partial charge in [-0.1, -0.05) is 25.1 Å². The van der Waals surface area contributed by atoms with Gasteiger partial charge in [0.25, 0.3) is 0 Å². The number of amides is 1. The van der Waals surface area contributed by atoms with Gasteiger partial charge in [-0.25, -0.2) is 0 Å². The Labute approximate surface area is 168 Å². The van der Waals surface area contributed by atoms with Crippen LogP contribution in [-0.4, -0.2) is 32.3 Å². The Morgan fingerprint density at radius 1 is 0.857 bits per heavy atom. The predicted octanol–water partition coefficient (Wildman–Crippen LogP) is 4.17. The zero-order chi connectivity index (χ0) is 20.2. The number of hydrogen-bond donors (Lipinski definition) is 1. The third-order valence-corrected chi connectivity index (χ3v) is 4.27. The summed E-state index contributed by atoms with van der Waals surface area (Å²) in [7, 11) is 0. The molecule has 0 bridgehead atoms. The van der Waals surface area contributed by atoms with Crippen LogP contribution >= 0.6 is 0 Å². The smallest absolute Gasteiger partial charge is 0.220 e. The molecule has 0 heterocycles. The van der Waals surface area contributed by atoms with E-state index in [0.29, 0.717) is 39.2 Å². The number of hydrogen-bond acceptors (Lipinski definition) is 4. The van der Waals surface area contributed by atoms with E-state index in [2.05, 4.69) is 24.4 Å². The topological polar surface area (TPSA) is 56.8 Å². The van der Waals surface area contributed by atoms with Crippen LogP contribution in [0.25, 0.3) is 0 Å². The van der Waals surface area contributed by atoms with Gasteiger partial charge in [0.15, 0.2) is 11.5 Å². The molecule has 152 valence electrons. The molecule has 0 radical (unpaired) electrons. The molecule has 1 N–H and O–H groups in total. The van der Waals surface area contributed by atoms with Crippen LogP contribution in [0.5, 0.6) is 17.2 Å². The van der Waals surface area contributed by atoms with Crippen LogP contribution in [-0.2, 0) is 17.6 Å². The Hall–Kier alpha value is -2.69. The first-order chi connectivity index (χ1) is 13.7. The van der Waals surface area contributed by atoms with Crippen LogP contribution in [0.3, 0.4) is 0 Å². The van der Waals surface area contributed by atoms with E-state index in [1.807, 2.05) is 44.2 Å². The van der Waals surface area contributed by atoms with Gasteiger partial charge in [0.1, 0.15) is 12.4 Å². The molecule has 2 aromatic carbocycles. The van der Waals surface area contributed by atoms with Gasteiger partial charge in [0, 0.05) is 6.42 Å². The number of rotatable bonds is 12. The molecule has 5 nitrogen and oxygen atoms in total. The monoisotopic (exact) mass is 385 g/mol. The highest BCUT2D eigenvalue weighted by molar-refractivity contribution is 5.76. The van der Waals surface area contributed by atoms with Crippen LogP contribution in [0.1, 0.15) is 38.3 Å². The first kappa shape index (κ1) is 21.6. The van der Waals surface area contributed by atoms with Gasteiger partial charge in [0.2, 0.25) is 5.91 Å². The van der Waals surface area contributed by atoms with Crippen molar-refractivity contribution in [2.75, 3.05) is 26.4 Å². The number of nitrogens with one attached hydrogen (secondary N) is 1. The van der Waals surface area contributed by atoms with Crippen molar-refractivity contribution in [1.82, 2.24) is 5.32 Å². The number of aryl methyl sites for hydroxylation is 2. The van der Waals surface area contributed by atoms with Crippen molar-refractivity contribution >= 4 is 5.91 Å². The summed E-state index contributed by atoms with van der Waals surface area (Å²) >= 11 is 0. The third-order valence-electron chi connectivity index (χ3n) is 4.27. The summed E-state index contributed by atoms with van der Waals surface area (Å²) in [5.41, 5.74) is 2.33. The fourth-order valence-electron chi connectivity index (χ4n) is 2.78. The summed E-state index contributed by atoms with van der Waals surface area (Å²) in [6.45, 7) is 8.11. The van der Waals surface area contributed by atoms with E-state index in [0.717, 1.165) is 29.2 Å². The normalized spacial score (nSPS) is 10.4. The minimum Gasteiger partial charge on any atom is -0.492 e. The van der Waals surface area contributed by atoms with Crippen molar-refractivity contribution in [3.63, 3.8) is 0 Å². The molecule has 0 aliphatic carbocycles. The molecule has 0 unspecified atom stereocenters. The molecule has 0 atom stereocenters. The maximum absolute atomic E-state index is 12.1. The van der Waals surface area contributed by atoms with Crippen molar-refractivity contribution in [3.05, 3.63) is 53.6 Å².